The van der Waals surface area contributed by atoms with E-state index in [0.29, 0.717) is 17.6 Å². The van der Waals surface area contributed by atoms with Gasteiger partial charge < -0.3 is 4.90 Å². The fourth-order valence-corrected chi connectivity index (χ4v) is 5.68. The lowest BCUT2D eigenvalue weighted by Crippen LogP contribution is -2.36. The Kier molecular flexibility index (Phi) is 5.68. The number of carbonyl (C=O) groups excluding carboxylic acids is 1. The van der Waals surface area contributed by atoms with E-state index >= 15 is 0 Å². The third-order valence-electron chi connectivity index (χ3n) is 7.34. The molecule has 0 amide bonds. The first-order chi connectivity index (χ1) is 14.8. The van der Waals surface area contributed by atoms with E-state index < -0.39 is 0 Å². The molecular weight excluding hydrogens is 366 g/mol. The van der Waals surface area contributed by atoms with Crippen LogP contribution in [0, 0.1) is 11.8 Å². The molecule has 0 bridgehead atoms. The van der Waals surface area contributed by atoms with Crippen LogP contribution in [-0.4, -0.2) is 30.3 Å². The number of likely N-dealkylation sites (tertiary alicyclic amines) is 1. The molecular formula is C28H31NO. The zero-order valence-corrected chi connectivity index (χ0v) is 17.7. The summed E-state index contributed by atoms with van der Waals surface area (Å²) < 4.78 is 0. The van der Waals surface area contributed by atoms with Crippen molar-refractivity contribution in [2.75, 3.05) is 19.6 Å². The third-order valence-corrected chi connectivity index (χ3v) is 7.34. The molecule has 5 rings (SSSR count). The highest BCUT2D eigenvalue weighted by atomic mass is 16.1. The average Bonchev–Trinajstić information content (AvgIpc) is 3.28. The van der Waals surface area contributed by atoms with Gasteiger partial charge in [-0.05, 0) is 73.4 Å². The van der Waals surface area contributed by atoms with Gasteiger partial charge in [-0.2, -0.15) is 0 Å². The topological polar surface area (TPSA) is 20.3 Å². The van der Waals surface area contributed by atoms with Crippen LogP contribution in [-0.2, 0) is 0 Å². The minimum Gasteiger partial charge on any atom is -0.303 e. The number of hydrogen-bond acceptors (Lipinski definition) is 2. The van der Waals surface area contributed by atoms with Crippen molar-refractivity contribution in [2.24, 2.45) is 11.8 Å². The van der Waals surface area contributed by atoms with Crippen LogP contribution >= 0.6 is 0 Å². The summed E-state index contributed by atoms with van der Waals surface area (Å²) in [6.07, 6.45) is 5.82. The maximum absolute atomic E-state index is 13.3. The van der Waals surface area contributed by atoms with Gasteiger partial charge in [0.05, 0.1) is 0 Å². The van der Waals surface area contributed by atoms with Gasteiger partial charge in [0.25, 0.3) is 0 Å². The monoisotopic (exact) mass is 397 g/mol. The van der Waals surface area contributed by atoms with E-state index in [2.05, 4.69) is 53.4 Å². The SMILES string of the molecule is O=C(c1cccc2ccccc12)C1CCC(CN2CCC(c3ccccc3)CC2)C1. The second-order valence-corrected chi connectivity index (χ2v) is 9.25. The van der Waals surface area contributed by atoms with E-state index in [1.54, 1.807) is 0 Å². The van der Waals surface area contributed by atoms with Gasteiger partial charge in [0.15, 0.2) is 5.78 Å². The summed E-state index contributed by atoms with van der Waals surface area (Å²) in [6.45, 7) is 3.55. The lowest BCUT2D eigenvalue weighted by molar-refractivity contribution is 0.0918. The first kappa shape index (κ1) is 19.5. The number of hydrogen-bond donors (Lipinski definition) is 0. The Bertz CT molecular complexity index is 998. The van der Waals surface area contributed by atoms with Gasteiger partial charge in [0.1, 0.15) is 0 Å². The van der Waals surface area contributed by atoms with Gasteiger partial charge >= 0.3 is 0 Å². The maximum Gasteiger partial charge on any atom is 0.166 e. The Morgan fingerprint density at radius 2 is 1.53 bits per heavy atom. The molecule has 2 heteroatoms. The number of fused-ring (bicyclic) bond motifs is 1. The van der Waals surface area contributed by atoms with Crippen molar-refractivity contribution >= 4 is 16.6 Å². The molecule has 0 radical (unpaired) electrons. The van der Waals surface area contributed by atoms with E-state index in [1.807, 2.05) is 24.3 Å². The number of nitrogens with zero attached hydrogens (tertiary/aromatic N) is 1. The van der Waals surface area contributed by atoms with E-state index in [4.69, 9.17) is 0 Å². The smallest absolute Gasteiger partial charge is 0.166 e. The molecule has 30 heavy (non-hydrogen) atoms. The predicted molar refractivity (Wildman–Crippen MR) is 124 cm³/mol. The second-order valence-electron chi connectivity index (χ2n) is 9.25. The molecule has 2 atom stereocenters. The molecule has 2 fully saturated rings. The van der Waals surface area contributed by atoms with Crippen molar-refractivity contribution in [3.8, 4) is 0 Å². The molecule has 1 saturated carbocycles. The van der Waals surface area contributed by atoms with E-state index in [0.717, 1.165) is 23.8 Å². The summed E-state index contributed by atoms with van der Waals surface area (Å²) >= 11 is 0. The molecule has 0 N–H and O–H groups in total. The van der Waals surface area contributed by atoms with Crippen molar-refractivity contribution in [1.82, 2.24) is 4.90 Å². The van der Waals surface area contributed by atoms with Gasteiger partial charge in [0.2, 0.25) is 0 Å². The number of piperidine rings is 1. The van der Waals surface area contributed by atoms with Crippen LogP contribution in [0.4, 0.5) is 0 Å². The zero-order chi connectivity index (χ0) is 20.3. The number of carbonyl (C=O) groups is 1. The van der Waals surface area contributed by atoms with Crippen LogP contribution < -0.4 is 0 Å². The van der Waals surface area contributed by atoms with E-state index in [9.17, 15) is 4.79 Å². The summed E-state index contributed by atoms with van der Waals surface area (Å²) in [5.74, 6) is 1.94. The number of Topliss-reactive ketones (excluding diaryl/α,β-unsaturated/α-hetero) is 1. The highest BCUT2D eigenvalue weighted by molar-refractivity contribution is 6.09. The first-order valence-corrected chi connectivity index (χ1v) is 11.6. The number of rotatable bonds is 5. The summed E-state index contributed by atoms with van der Waals surface area (Å²) in [6, 6.07) is 25.4. The summed E-state index contributed by atoms with van der Waals surface area (Å²) in [7, 11) is 0. The molecule has 3 aromatic carbocycles. The van der Waals surface area contributed by atoms with Gasteiger partial charge in [-0.1, -0.05) is 72.8 Å². The summed E-state index contributed by atoms with van der Waals surface area (Å²) in [5, 5.41) is 2.27. The van der Waals surface area contributed by atoms with Crippen LogP contribution in [0.1, 0.15) is 53.9 Å². The van der Waals surface area contributed by atoms with Crippen LogP contribution in [0.15, 0.2) is 72.8 Å². The molecule has 2 nitrogen and oxygen atoms in total. The Morgan fingerprint density at radius 1 is 0.800 bits per heavy atom. The number of ketones is 1. The lowest BCUT2D eigenvalue weighted by Gasteiger charge is -2.33. The van der Waals surface area contributed by atoms with Crippen LogP contribution in [0.25, 0.3) is 10.8 Å². The maximum atomic E-state index is 13.3. The van der Waals surface area contributed by atoms with Gasteiger partial charge in [-0.3, -0.25) is 4.79 Å². The molecule has 1 heterocycles. The van der Waals surface area contributed by atoms with Crippen molar-refractivity contribution in [3.63, 3.8) is 0 Å². The molecule has 1 aliphatic carbocycles. The lowest BCUT2D eigenvalue weighted by atomic mass is 9.89. The first-order valence-electron chi connectivity index (χ1n) is 11.6. The van der Waals surface area contributed by atoms with Gasteiger partial charge in [-0.15, -0.1) is 0 Å². The zero-order valence-electron chi connectivity index (χ0n) is 17.7. The van der Waals surface area contributed by atoms with Crippen LogP contribution in [0.5, 0.6) is 0 Å². The second kappa shape index (κ2) is 8.73. The summed E-state index contributed by atoms with van der Waals surface area (Å²) in [4.78, 5) is 15.9. The molecule has 1 saturated heterocycles. The highest BCUT2D eigenvalue weighted by Crippen LogP contribution is 2.36. The van der Waals surface area contributed by atoms with Crippen molar-refractivity contribution < 1.29 is 4.79 Å². The molecule has 154 valence electrons. The fraction of sp³-hybridized carbons (Fsp3) is 0.393. The number of benzene rings is 3. The summed E-state index contributed by atoms with van der Waals surface area (Å²) in [5.41, 5.74) is 2.42. The van der Waals surface area contributed by atoms with Gasteiger partial charge in [0, 0.05) is 18.0 Å². The van der Waals surface area contributed by atoms with E-state index in [-0.39, 0.29) is 5.92 Å². The van der Waals surface area contributed by atoms with Crippen molar-refractivity contribution in [1.29, 1.82) is 0 Å². The highest BCUT2D eigenvalue weighted by Gasteiger charge is 2.32. The average molecular weight is 398 g/mol. The largest absolute Gasteiger partial charge is 0.303 e. The predicted octanol–water partition coefficient (Wildman–Crippen LogP) is 6.32. The molecule has 1 aliphatic heterocycles. The minimum atomic E-state index is 0.197. The normalized spacial score (nSPS) is 23.1. The third kappa shape index (κ3) is 4.06. The van der Waals surface area contributed by atoms with Crippen LogP contribution in [0.3, 0.4) is 0 Å². The molecule has 3 aromatic rings. The molecule has 2 unspecified atom stereocenters. The van der Waals surface area contributed by atoms with Crippen molar-refractivity contribution in [3.05, 3.63) is 83.9 Å². The Labute approximate surface area is 179 Å². The molecule has 2 aliphatic rings. The molecule has 0 aromatic heterocycles. The minimum absolute atomic E-state index is 0.197. The van der Waals surface area contributed by atoms with Crippen molar-refractivity contribution in [2.45, 2.75) is 38.0 Å². The quantitative estimate of drug-likeness (QED) is 0.470. The molecule has 0 spiro atoms. The Hall–Kier alpha value is -2.45. The van der Waals surface area contributed by atoms with Gasteiger partial charge in [-0.25, -0.2) is 0 Å². The van der Waals surface area contributed by atoms with E-state index in [1.165, 1.54) is 49.8 Å². The Morgan fingerprint density at radius 3 is 2.37 bits per heavy atom. The standard InChI is InChI=1S/C28H31NO/c30-28(27-12-6-10-24-9-4-5-11-26(24)27)25-14-13-21(19-25)20-29-17-15-23(16-18-29)22-7-2-1-3-8-22/h1-12,21,23,25H,13-20H2. The van der Waals surface area contributed by atoms with Crippen LogP contribution in [0.2, 0.25) is 0 Å². The Balaban J connectivity index is 1.17. The fourth-order valence-electron chi connectivity index (χ4n) is 5.68.